The first-order valence-electron chi connectivity index (χ1n) is 5.94. The lowest BCUT2D eigenvalue weighted by Crippen LogP contribution is -2.38. The summed E-state index contributed by atoms with van der Waals surface area (Å²) in [6.45, 7) is 1.31. The zero-order chi connectivity index (χ0) is 15.7. The zero-order valence-corrected chi connectivity index (χ0v) is 11.2. The summed E-state index contributed by atoms with van der Waals surface area (Å²) in [5.74, 6) is -1.86. The summed E-state index contributed by atoms with van der Waals surface area (Å²) < 4.78 is 1.14. The molecule has 0 radical (unpaired) electrons. The van der Waals surface area contributed by atoms with Crippen LogP contribution in [0.25, 0.3) is 11.0 Å². The molecule has 2 rings (SSSR count). The number of carbonyl (C=O) groups excluding carboxylic acids is 1. The Kier molecular flexibility index (Phi) is 3.57. The number of aromatic nitrogens is 3. The van der Waals surface area contributed by atoms with Crippen molar-refractivity contribution in [3.8, 4) is 0 Å². The van der Waals surface area contributed by atoms with E-state index < -0.39 is 29.2 Å². The lowest BCUT2D eigenvalue weighted by atomic mass is 10.2. The number of hydrogen-bond donors (Lipinski definition) is 3. The minimum Gasteiger partial charge on any atom is -0.480 e. The van der Waals surface area contributed by atoms with E-state index in [1.165, 1.54) is 26.2 Å². The van der Waals surface area contributed by atoms with Crippen LogP contribution < -0.4 is 16.6 Å². The van der Waals surface area contributed by atoms with Gasteiger partial charge in [0.15, 0.2) is 0 Å². The number of hydrogen-bond acceptors (Lipinski definition) is 5. The minimum atomic E-state index is -1.18. The highest BCUT2D eigenvalue weighted by atomic mass is 16.4. The predicted octanol–water partition coefficient (Wildman–Crippen LogP) is -1.18. The van der Waals surface area contributed by atoms with Gasteiger partial charge in [0.05, 0.1) is 10.9 Å². The van der Waals surface area contributed by atoms with Crippen molar-refractivity contribution in [2.45, 2.75) is 13.0 Å². The quantitative estimate of drug-likeness (QED) is 0.652. The molecule has 0 aliphatic rings. The second kappa shape index (κ2) is 5.19. The Labute approximate surface area is 117 Å². The fraction of sp³-hybridized carbons (Fsp3) is 0.250. The highest BCUT2D eigenvalue weighted by Gasteiger charge is 2.17. The number of aliphatic carboxylic acids is 1. The Balaban J connectivity index is 2.49. The smallest absolute Gasteiger partial charge is 0.329 e. The molecule has 0 unspecified atom stereocenters. The van der Waals surface area contributed by atoms with Crippen LogP contribution in [-0.4, -0.2) is 37.6 Å². The first kappa shape index (κ1) is 14.4. The zero-order valence-electron chi connectivity index (χ0n) is 11.2. The van der Waals surface area contributed by atoms with E-state index in [0.29, 0.717) is 0 Å². The van der Waals surface area contributed by atoms with Gasteiger partial charge >= 0.3 is 11.7 Å². The van der Waals surface area contributed by atoms with Crippen molar-refractivity contribution in [2.24, 2.45) is 7.05 Å². The van der Waals surface area contributed by atoms with Gasteiger partial charge in [0, 0.05) is 13.2 Å². The average molecular weight is 292 g/mol. The van der Waals surface area contributed by atoms with E-state index >= 15 is 0 Å². The van der Waals surface area contributed by atoms with Crippen LogP contribution in [0.1, 0.15) is 17.3 Å². The van der Waals surface area contributed by atoms with Crippen molar-refractivity contribution in [3.05, 3.63) is 38.7 Å². The maximum atomic E-state index is 11.9. The van der Waals surface area contributed by atoms with Crippen LogP contribution in [0.2, 0.25) is 0 Å². The van der Waals surface area contributed by atoms with Crippen LogP contribution >= 0.6 is 0 Å². The molecule has 0 spiro atoms. The van der Waals surface area contributed by atoms with Crippen LogP contribution in [0.4, 0.5) is 0 Å². The largest absolute Gasteiger partial charge is 0.480 e. The number of nitrogens with zero attached hydrogens (tertiary/aromatic N) is 2. The highest BCUT2D eigenvalue weighted by molar-refractivity contribution is 5.98. The highest BCUT2D eigenvalue weighted by Crippen LogP contribution is 2.07. The molecule has 9 nitrogen and oxygen atoms in total. The van der Waals surface area contributed by atoms with Gasteiger partial charge in [-0.2, -0.15) is 0 Å². The van der Waals surface area contributed by atoms with Gasteiger partial charge in [-0.3, -0.25) is 23.9 Å². The van der Waals surface area contributed by atoms with Crippen molar-refractivity contribution in [2.75, 3.05) is 0 Å². The number of aryl methyl sites for hydroxylation is 1. The van der Waals surface area contributed by atoms with Crippen molar-refractivity contribution in [3.63, 3.8) is 0 Å². The van der Waals surface area contributed by atoms with Gasteiger partial charge in [0.25, 0.3) is 11.5 Å². The van der Waals surface area contributed by atoms with Crippen LogP contribution in [0.15, 0.2) is 21.9 Å². The number of rotatable bonds is 3. The van der Waals surface area contributed by atoms with Crippen LogP contribution in [-0.2, 0) is 11.8 Å². The van der Waals surface area contributed by atoms with E-state index in [9.17, 15) is 19.2 Å². The van der Waals surface area contributed by atoms with Gasteiger partial charge in [-0.25, -0.2) is 9.78 Å². The number of amides is 1. The summed E-state index contributed by atoms with van der Waals surface area (Å²) in [5.41, 5.74) is -1.12. The van der Waals surface area contributed by atoms with E-state index in [2.05, 4.69) is 15.3 Å². The molecule has 0 aliphatic heterocycles. The van der Waals surface area contributed by atoms with E-state index in [-0.39, 0.29) is 16.6 Å². The number of carbonyl (C=O) groups is 2. The molecular formula is C12H12N4O5. The van der Waals surface area contributed by atoms with Crippen molar-refractivity contribution in [1.82, 2.24) is 19.9 Å². The standard InChI is InChI=1S/C12H12N4O5/c1-5(11(19)20)14-9(17)6-3-7-8(13-4-6)16(2)12(21)15-10(7)18/h3-5H,1-2H3,(H,14,17)(H,19,20)(H,15,18,21)/t5-/m0/s1. The predicted molar refractivity (Wildman–Crippen MR) is 72.2 cm³/mol. The minimum absolute atomic E-state index is 0.0275. The van der Waals surface area contributed by atoms with Gasteiger partial charge in [-0.1, -0.05) is 0 Å². The number of nitrogens with one attached hydrogen (secondary N) is 2. The number of pyridine rings is 1. The molecule has 110 valence electrons. The molecule has 0 saturated carbocycles. The number of fused-ring (bicyclic) bond motifs is 1. The fourth-order valence-electron chi connectivity index (χ4n) is 1.70. The summed E-state index contributed by atoms with van der Waals surface area (Å²) >= 11 is 0. The SMILES string of the molecule is C[C@H](NC(=O)c1cnc2c(c1)c(=O)[nH]c(=O)n2C)C(=O)O. The molecule has 1 atom stereocenters. The normalized spacial score (nSPS) is 12.1. The van der Waals surface area contributed by atoms with Crippen LogP contribution in [0.3, 0.4) is 0 Å². The van der Waals surface area contributed by atoms with Gasteiger partial charge in [-0.15, -0.1) is 0 Å². The third-order valence-corrected chi connectivity index (χ3v) is 2.93. The molecule has 21 heavy (non-hydrogen) atoms. The topological polar surface area (TPSA) is 134 Å². The molecule has 0 aliphatic carbocycles. The number of H-pyrrole nitrogens is 1. The Hall–Kier alpha value is -2.97. The Morgan fingerprint density at radius 3 is 2.71 bits per heavy atom. The number of carboxylic acid groups (broad SMARTS) is 1. The molecule has 0 saturated heterocycles. The summed E-state index contributed by atoms with van der Waals surface area (Å²) in [7, 11) is 1.43. The monoisotopic (exact) mass is 292 g/mol. The number of carboxylic acids is 1. The van der Waals surface area contributed by atoms with Gasteiger partial charge in [0.2, 0.25) is 0 Å². The lowest BCUT2D eigenvalue weighted by Gasteiger charge is -2.09. The van der Waals surface area contributed by atoms with E-state index in [1.54, 1.807) is 0 Å². The third kappa shape index (κ3) is 2.66. The maximum absolute atomic E-state index is 11.9. The molecule has 2 aromatic rings. The Morgan fingerprint density at radius 1 is 1.43 bits per heavy atom. The molecule has 3 N–H and O–H groups in total. The van der Waals surface area contributed by atoms with Crippen molar-refractivity contribution < 1.29 is 14.7 Å². The second-order valence-electron chi connectivity index (χ2n) is 4.45. The number of aromatic amines is 1. The van der Waals surface area contributed by atoms with E-state index in [0.717, 1.165) is 4.57 Å². The Bertz CT molecular complexity index is 851. The summed E-state index contributed by atoms with van der Waals surface area (Å²) in [4.78, 5) is 51.7. The van der Waals surface area contributed by atoms with Crippen LogP contribution in [0, 0.1) is 0 Å². The molecule has 2 heterocycles. The molecule has 0 fully saturated rings. The fourth-order valence-corrected chi connectivity index (χ4v) is 1.70. The first-order chi connectivity index (χ1) is 9.81. The van der Waals surface area contributed by atoms with Crippen molar-refractivity contribution >= 4 is 22.9 Å². The lowest BCUT2D eigenvalue weighted by molar-refractivity contribution is -0.138. The molecule has 0 aromatic carbocycles. The average Bonchev–Trinajstić information content (AvgIpc) is 2.44. The van der Waals surface area contributed by atoms with Crippen molar-refractivity contribution in [1.29, 1.82) is 0 Å². The van der Waals surface area contributed by atoms with Gasteiger partial charge in [0.1, 0.15) is 11.7 Å². The summed E-state index contributed by atoms with van der Waals surface area (Å²) in [5, 5.41) is 11.0. The second-order valence-corrected chi connectivity index (χ2v) is 4.45. The molecular weight excluding hydrogens is 280 g/mol. The maximum Gasteiger partial charge on any atom is 0.329 e. The van der Waals surface area contributed by atoms with E-state index in [1.807, 2.05) is 0 Å². The van der Waals surface area contributed by atoms with Crippen LogP contribution in [0.5, 0.6) is 0 Å². The Morgan fingerprint density at radius 2 is 2.10 bits per heavy atom. The van der Waals surface area contributed by atoms with Gasteiger partial charge < -0.3 is 10.4 Å². The first-order valence-corrected chi connectivity index (χ1v) is 5.94. The third-order valence-electron chi connectivity index (χ3n) is 2.93. The van der Waals surface area contributed by atoms with Gasteiger partial charge in [-0.05, 0) is 13.0 Å². The summed E-state index contributed by atoms with van der Waals surface area (Å²) in [6, 6.07) is 0.177. The molecule has 0 bridgehead atoms. The molecule has 1 amide bonds. The molecule has 9 heteroatoms. The molecule has 2 aromatic heterocycles. The van der Waals surface area contributed by atoms with E-state index in [4.69, 9.17) is 5.11 Å². The summed E-state index contributed by atoms with van der Waals surface area (Å²) in [6.07, 6.45) is 1.17.